The van der Waals surface area contributed by atoms with Crippen molar-refractivity contribution in [3.8, 4) is 5.75 Å². The lowest BCUT2D eigenvalue weighted by Crippen LogP contribution is -2.50. The number of sulfonamides is 1. The Kier molecular flexibility index (Phi) is 7.58. The van der Waals surface area contributed by atoms with Gasteiger partial charge in [-0.05, 0) is 42.8 Å². The number of carbonyl (C=O) groups is 1. The van der Waals surface area contributed by atoms with Crippen molar-refractivity contribution in [2.45, 2.75) is 6.92 Å². The van der Waals surface area contributed by atoms with Gasteiger partial charge in [0.15, 0.2) is 6.61 Å². The average molecular weight is 452 g/mol. The summed E-state index contributed by atoms with van der Waals surface area (Å²) >= 11 is 6.04. The molecule has 1 saturated heterocycles. The first-order valence-electron chi connectivity index (χ1n) is 9.78. The standard InChI is InChI=1S/C21H26ClN3O4S/c1-17-4-2-7-20(14-17)29-16-21(26)23-8-13-30(27,28)25-11-9-24(10-12-25)19-6-3-5-18(22)15-19/h2-7,14-15H,8-13,16H2,1H3,(H,23,26). The molecule has 0 radical (unpaired) electrons. The van der Waals surface area contributed by atoms with Gasteiger partial charge < -0.3 is 15.0 Å². The van der Waals surface area contributed by atoms with E-state index in [9.17, 15) is 13.2 Å². The quantitative estimate of drug-likeness (QED) is 0.666. The first kappa shape index (κ1) is 22.4. The lowest BCUT2D eigenvalue weighted by Gasteiger charge is -2.35. The predicted molar refractivity (Wildman–Crippen MR) is 119 cm³/mol. The Hall–Kier alpha value is -2.29. The highest BCUT2D eigenvalue weighted by Gasteiger charge is 2.27. The normalized spacial score (nSPS) is 15.1. The van der Waals surface area contributed by atoms with E-state index in [2.05, 4.69) is 10.2 Å². The van der Waals surface area contributed by atoms with Crippen molar-refractivity contribution in [3.05, 3.63) is 59.1 Å². The molecular weight excluding hydrogens is 426 g/mol. The van der Waals surface area contributed by atoms with Gasteiger partial charge in [0.25, 0.3) is 5.91 Å². The molecule has 0 aromatic heterocycles. The number of hydrogen-bond donors (Lipinski definition) is 1. The van der Waals surface area contributed by atoms with Crippen LogP contribution in [0.4, 0.5) is 5.69 Å². The minimum Gasteiger partial charge on any atom is -0.484 e. The zero-order chi connectivity index (χ0) is 21.6. The van der Waals surface area contributed by atoms with Crippen LogP contribution < -0.4 is 15.0 Å². The first-order valence-corrected chi connectivity index (χ1v) is 11.8. The Labute approximate surface area is 182 Å². The van der Waals surface area contributed by atoms with Crippen LogP contribution in [0.3, 0.4) is 0 Å². The number of benzene rings is 2. The molecule has 9 heteroatoms. The van der Waals surface area contributed by atoms with Crippen molar-refractivity contribution in [2.24, 2.45) is 0 Å². The third-order valence-electron chi connectivity index (χ3n) is 4.85. The highest BCUT2D eigenvalue weighted by atomic mass is 35.5. The molecule has 30 heavy (non-hydrogen) atoms. The summed E-state index contributed by atoms with van der Waals surface area (Å²) in [5, 5.41) is 3.27. The third kappa shape index (κ3) is 6.35. The van der Waals surface area contributed by atoms with Crippen LogP contribution in [-0.4, -0.2) is 63.7 Å². The Morgan fingerprint density at radius 1 is 1.10 bits per heavy atom. The lowest BCUT2D eigenvalue weighted by molar-refractivity contribution is -0.122. The minimum atomic E-state index is -3.44. The second kappa shape index (κ2) is 10.1. The number of amides is 1. The Balaban J connectivity index is 1.40. The van der Waals surface area contributed by atoms with Gasteiger partial charge in [-0.25, -0.2) is 8.42 Å². The fourth-order valence-electron chi connectivity index (χ4n) is 3.25. The number of carbonyl (C=O) groups excluding carboxylic acids is 1. The van der Waals surface area contributed by atoms with Gasteiger partial charge >= 0.3 is 0 Å². The van der Waals surface area contributed by atoms with E-state index < -0.39 is 10.0 Å². The van der Waals surface area contributed by atoms with Crippen molar-refractivity contribution in [3.63, 3.8) is 0 Å². The number of rotatable bonds is 8. The molecule has 1 N–H and O–H groups in total. The molecule has 1 fully saturated rings. The molecule has 1 heterocycles. The first-order chi connectivity index (χ1) is 14.3. The summed E-state index contributed by atoms with van der Waals surface area (Å²) in [7, 11) is -3.44. The number of hydrogen-bond acceptors (Lipinski definition) is 5. The fourth-order valence-corrected chi connectivity index (χ4v) is 4.77. The molecule has 0 bridgehead atoms. The second-order valence-corrected chi connectivity index (χ2v) is 9.66. The predicted octanol–water partition coefficient (Wildman–Crippen LogP) is 2.30. The van der Waals surface area contributed by atoms with Gasteiger partial charge in [-0.3, -0.25) is 4.79 Å². The Morgan fingerprint density at radius 3 is 2.53 bits per heavy atom. The molecule has 1 aliphatic rings. The molecule has 0 aliphatic carbocycles. The van der Waals surface area contributed by atoms with Crippen LogP contribution in [0, 0.1) is 6.92 Å². The van der Waals surface area contributed by atoms with Crippen LogP contribution in [0.1, 0.15) is 5.56 Å². The fraction of sp³-hybridized carbons (Fsp3) is 0.381. The Bertz CT molecular complexity index is 976. The molecule has 0 atom stereocenters. The smallest absolute Gasteiger partial charge is 0.257 e. The molecule has 1 aliphatic heterocycles. The topological polar surface area (TPSA) is 78.9 Å². The van der Waals surface area contributed by atoms with Crippen LogP contribution in [-0.2, 0) is 14.8 Å². The van der Waals surface area contributed by atoms with Gasteiger partial charge in [-0.15, -0.1) is 0 Å². The Morgan fingerprint density at radius 2 is 1.83 bits per heavy atom. The van der Waals surface area contributed by atoms with Gasteiger partial charge in [0, 0.05) is 43.4 Å². The van der Waals surface area contributed by atoms with Crippen molar-refractivity contribution >= 4 is 33.2 Å². The van der Waals surface area contributed by atoms with E-state index >= 15 is 0 Å². The van der Waals surface area contributed by atoms with Gasteiger partial charge in [-0.2, -0.15) is 4.31 Å². The number of nitrogens with one attached hydrogen (secondary N) is 1. The molecular formula is C21H26ClN3O4S. The largest absolute Gasteiger partial charge is 0.484 e. The summed E-state index contributed by atoms with van der Waals surface area (Å²) in [5.41, 5.74) is 2.02. The lowest BCUT2D eigenvalue weighted by atomic mass is 10.2. The summed E-state index contributed by atoms with van der Waals surface area (Å²) in [6, 6.07) is 14.9. The van der Waals surface area contributed by atoms with Crippen LogP contribution >= 0.6 is 11.6 Å². The number of piperazine rings is 1. The zero-order valence-electron chi connectivity index (χ0n) is 16.9. The van der Waals surface area contributed by atoms with E-state index in [1.54, 1.807) is 6.07 Å². The number of nitrogens with zero attached hydrogens (tertiary/aromatic N) is 2. The maximum Gasteiger partial charge on any atom is 0.257 e. The van der Waals surface area contributed by atoms with Crippen molar-refractivity contribution < 1.29 is 17.9 Å². The molecule has 0 spiro atoms. The second-order valence-electron chi connectivity index (χ2n) is 7.14. The number of anilines is 1. The summed E-state index contributed by atoms with van der Waals surface area (Å²) in [6.45, 7) is 3.83. The maximum atomic E-state index is 12.6. The van der Waals surface area contributed by atoms with Crippen LogP contribution in [0.2, 0.25) is 5.02 Å². The molecule has 2 aromatic carbocycles. The van der Waals surface area contributed by atoms with E-state index in [0.29, 0.717) is 37.0 Å². The molecule has 162 valence electrons. The monoisotopic (exact) mass is 451 g/mol. The van der Waals surface area contributed by atoms with Gasteiger partial charge in [0.1, 0.15) is 5.75 Å². The minimum absolute atomic E-state index is 0.0485. The van der Waals surface area contributed by atoms with Crippen molar-refractivity contribution in [2.75, 3.05) is 50.0 Å². The third-order valence-corrected chi connectivity index (χ3v) is 6.95. The van der Waals surface area contributed by atoms with E-state index in [4.69, 9.17) is 16.3 Å². The molecule has 3 rings (SSSR count). The molecule has 7 nitrogen and oxygen atoms in total. The van der Waals surface area contributed by atoms with Gasteiger partial charge in [0.05, 0.1) is 5.75 Å². The summed E-state index contributed by atoms with van der Waals surface area (Å²) in [5.74, 6) is 0.119. The molecule has 1 amide bonds. The van der Waals surface area contributed by atoms with Crippen molar-refractivity contribution in [1.82, 2.24) is 9.62 Å². The van der Waals surface area contributed by atoms with Crippen molar-refractivity contribution in [1.29, 1.82) is 0 Å². The molecule has 0 saturated carbocycles. The number of halogens is 1. The van der Waals surface area contributed by atoms with Gasteiger partial charge in [-0.1, -0.05) is 29.8 Å². The van der Waals surface area contributed by atoms with E-state index in [-0.39, 0.29) is 24.8 Å². The van der Waals surface area contributed by atoms with Crippen LogP contribution in [0.5, 0.6) is 5.75 Å². The number of ether oxygens (including phenoxy) is 1. The highest BCUT2D eigenvalue weighted by Crippen LogP contribution is 2.21. The van der Waals surface area contributed by atoms with E-state index in [0.717, 1.165) is 11.3 Å². The number of aryl methyl sites for hydroxylation is 1. The average Bonchev–Trinajstić information content (AvgIpc) is 2.72. The van der Waals surface area contributed by atoms with E-state index in [1.165, 1.54) is 4.31 Å². The highest BCUT2D eigenvalue weighted by molar-refractivity contribution is 7.89. The summed E-state index contributed by atoms with van der Waals surface area (Å²) in [4.78, 5) is 14.0. The molecule has 0 unspecified atom stereocenters. The molecule has 2 aromatic rings. The zero-order valence-corrected chi connectivity index (χ0v) is 18.5. The van der Waals surface area contributed by atoms with Gasteiger partial charge in [0.2, 0.25) is 10.0 Å². The maximum absolute atomic E-state index is 12.6. The summed E-state index contributed by atoms with van der Waals surface area (Å²) in [6.07, 6.45) is 0. The van der Waals surface area contributed by atoms with E-state index in [1.807, 2.05) is 49.4 Å². The summed E-state index contributed by atoms with van der Waals surface area (Å²) < 4.78 is 32.1. The SMILES string of the molecule is Cc1cccc(OCC(=O)NCCS(=O)(=O)N2CCN(c3cccc(Cl)c3)CC2)c1. The van der Waals surface area contributed by atoms with Crippen LogP contribution in [0.15, 0.2) is 48.5 Å². The van der Waals surface area contributed by atoms with Crippen LogP contribution in [0.25, 0.3) is 0 Å².